The Morgan fingerprint density at radius 3 is 2.60 bits per heavy atom. The number of rotatable bonds is 2. The fourth-order valence-electron chi connectivity index (χ4n) is 1.57. The monoisotopic (exact) mass is 227 g/mol. The molecule has 0 aliphatic carbocycles. The lowest BCUT2D eigenvalue weighted by molar-refractivity contribution is 0.583. The average molecular weight is 227 g/mol. The molecule has 2 rings (SSSR count). The first-order valence-electron chi connectivity index (χ1n) is 4.68. The van der Waals surface area contributed by atoms with Crippen LogP contribution in [0.2, 0.25) is 0 Å². The molecule has 0 bridgehead atoms. The van der Waals surface area contributed by atoms with Crippen molar-refractivity contribution in [2.45, 2.75) is 6.04 Å². The molecule has 1 aromatic rings. The van der Waals surface area contributed by atoms with Gasteiger partial charge in [0.2, 0.25) is 0 Å². The van der Waals surface area contributed by atoms with Crippen LogP contribution in [0.25, 0.3) is 0 Å². The molecule has 1 aromatic carbocycles. The van der Waals surface area contributed by atoms with E-state index in [9.17, 15) is 8.42 Å². The maximum absolute atomic E-state index is 11.7. The molecular formula is C9H13N3O2S. The lowest BCUT2D eigenvalue weighted by Crippen LogP contribution is -2.33. The molecule has 0 spiro atoms. The van der Waals surface area contributed by atoms with Crippen LogP contribution in [0.15, 0.2) is 30.3 Å². The molecule has 1 unspecified atom stereocenters. The van der Waals surface area contributed by atoms with Gasteiger partial charge < -0.3 is 5.73 Å². The van der Waals surface area contributed by atoms with Crippen molar-refractivity contribution >= 4 is 15.9 Å². The summed E-state index contributed by atoms with van der Waals surface area (Å²) in [4.78, 5) is 0. The van der Waals surface area contributed by atoms with Gasteiger partial charge in [0.25, 0.3) is 0 Å². The van der Waals surface area contributed by atoms with Gasteiger partial charge in [-0.25, -0.2) is 0 Å². The Kier molecular flexibility index (Phi) is 2.64. The van der Waals surface area contributed by atoms with Gasteiger partial charge in [-0.15, -0.1) is 0 Å². The number of nitrogens with zero attached hydrogens (tertiary/aromatic N) is 1. The molecule has 1 saturated heterocycles. The Bertz CT molecular complexity index is 432. The molecule has 1 fully saturated rings. The van der Waals surface area contributed by atoms with Crippen LogP contribution < -0.4 is 14.8 Å². The van der Waals surface area contributed by atoms with Gasteiger partial charge in [0.05, 0.1) is 18.3 Å². The Morgan fingerprint density at radius 2 is 2.07 bits per heavy atom. The van der Waals surface area contributed by atoms with Crippen LogP contribution in [0.4, 0.5) is 5.69 Å². The molecule has 1 aliphatic heterocycles. The van der Waals surface area contributed by atoms with Crippen LogP contribution >= 0.6 is 0 Å². The highest BCUT2D eigenvalue weighted by Crippen LogP contribution is 2.20. The average Bonchev–Trinajstić information content (AvgIpc) is 2.55. The second-order valence-corrected chi connectivity index (χ2v) is 5.05. The Hall–Kier alpha value is -1.11. The van der Waals surface area contributed by atoms with Crippen LogP contribution in [0.3, 0.4) is 0 Å². The van der Waals surface area contributed by atoms with E-state index in [2.05, 4.69) is 4.72 Å². The van der Waals surface area contributed by atoms with Gasteiger partial charge in [-0.3, -0.25) is 4.31 Å². The van der Waals surface area contributed by atoms with Crippen LogP contribution in [0, 0.1) is 0 Å². The van der Waals surface area contributed by atoms with Crippen molar-refractivity contribution in [2.75, 3.05) is 17.4 Å². The second kappa shape index (κ2) is 3.80. The second-order valence-electron chi connectivity index (χ2n) is 3.42. The van der Waals surface area contributed by atoms with Gasteiger partial charge in [0.1, 0.15) is 0 Å². The SMILES string of the molecule is NCC1CN(c2ccccc2)S(=O)(=O)N1. The lowest BCUT2D eigenvalue weighted by Gasteiger charge is -2.15. The van der Waals surface area contributed by atoms with Crippen LogP contribution in [0.1, 0.15) is 0 Å². The zero-order valence-corrected chi connectivity index (χ0v) is 8.94. The summed E-state index contributed by atoms with van der Waals surface area (Å²) in [5, 5.41) is 0. The van der Waals surface area contributed by atoms with Gasteiger partial charge in [-0.2, -0.15) is 13.1 Å². The topological polar surface area (TPSA) is 75.4 Å². The van der Waals surface area contributed by atoms with E-state index in [0.717, 1.165) is 0 Å². The van der Waals surface area contributed by atoms with Crippen LogP contribution in [-0.2, 0) is 10.2 Å². The summed E-state index contributed by atoms with van der Waals surface area (Å²) in [6.07, 6.45) is 0. The van der Waals surface area contributed by atoms with Gasteiger partial charge in [-0.05, 0) is 12.1 Å². The molecule has 0 saturated carbocycles. The highest BCUT2D eigenvalue weighted by Gasteiger charge is 2.34. The first-order valence-corrected chi connectivity index (χ1v) is 6.12. The van der Waals surface area contributed by atoms with Gasteiger partial charge in [-0.1, -0.05) is 18.2 Å². The summed E-state index contributed by atoms with van der Waals surface area (Å²) in [6, 6.07) is 8.78. The molecule has 1 heterocycles. The third-order valence-corrected chi connectivity index (χ3v) is 3.89. The number of hydrogen-bond acceptors (Lipinski definition) is 3. The normalized spacial score (nSPS) is 24.3. The van der Waals surface area contributed by atoms with Gasteiger partial charge in [0, 0.05) is 6.54 Å². The number of hydrogen-bond donors (Lipinski definition) is 2. The first-order chi connectivity index (χ1) is 7.13. The van der Waals surface area contributed by atoms with E-state index in [1.54, 1.807) is 24.3 Å². The molecule has 0 amide bonds. The van der Waals surface area contributed by atoms with Crippen molar-refractivity contribution in [1.82, 2.24) is 4.72 Å². The highest BCUT2D eigenvalue weighted by molar-refractivity contribution is 7.91. The maximum atomic E-state index is 11.7. The quantitative estimate of drug-likeness (QED) is 0.726. The third kappa shape index (κ3) is 1.97. The first kappa shape index (κ1) is 10.4. The van der Waals surface area contributed by atoms with Crippen molar-refractivity contribution in [3.8, 4) is 0 Å². The number of nitrogens with one attached hydrogen (secondary N) is 1. The standard InChI is InChI=1S/C9H13N3O2S/c10-6-8-7-12(15(13,14)11-8)9-4-2-1-3-5-9/h1-5,8,11H,6-7,10H2. The summed E-state index contributed by atoms with van der Waals surface area (Å²) in [5.41, 5.74) is 6.11. The number of anilines is 1. The predicted octanol–water partition coefficient (Wildman–Crippen LogP) is -0.332. The van der Waals surface area contributed by atoms with E-state index in [1.165, 1.54) is 4.31 Å². The van der Waals surface area contributed by atoms with Crippen LogP contribution in [-0.4, -0.2) is 27.5 Å². The summed E-state index contributed by atoms with van der Waals surface area (Å²) in [5.74, 6) is 0. The Morgan fingerprint density at radius 1 is 1.40 bits per heavy atom. The van der Waals surface area contributed by atoms with Crippen molar-refractivity contribution < 1.29 is 8.42 Å². The summed E-state index contributed by atoms with van der Waals surface area (Å²) in [6.45, 7) is 0.700. The number of para-hydroxylation sites is 1. The summed E-state index contributed by atoms with van der Waals surface area (Å²) < 4.78 is 27.2. The number of nitrogens with two attached hydrogens (primary N) is 1. The van der Waals surface area contributed by atoms with Crippen molar-refractivity contribution in [3.63, 3.8) is 0 Å². The van der Waals surface area contributed by atoms with Crippen molar-refractivity contribution in [3.05, 3.63) is 30.3 Å². The lowest BCUT2D eigenvalue weighted by atomic mass is 10.3. The third-order valence-electron chi connectivity index (χ3n) is 2.32. The van der Waals surface area contributed by atoms with Crippen LogP contribution in [0.5, 0.6) is 0 Å². The van der Waals surface area contributed by atoms with E-state index in [1.807, 2.05) is 6.07 Å². The molecule has 0 radical (unpaired) electrons. The maximum Gasteiger partial charge on any atom is 0.301 e. The highest BCUT2D eigenvalue weighted by atomic mass is 32.2. The molecule has 1 atom stereocenters. The van der Waals surface area contributed by atoms with E-state index in [-0.39, 0.29) is 6.04 Å². The Balaban J connectivity index is 2.31. The summed E-state index contributed by atoms with van der Waals surface area (Å²) in [7, 11) is -3.40. The van der Waals surface area contributed by atoms with Gasteiger partial charge >= 0.3 is 10.2 Å². The fourth-order valence-corrected chi connectivity index (χ4v) is 3.07. The molecule has 5 nitrogen and oxygen atoms in total. The molecule has 6 heteroatoms. The Labute approximate surface area is 89.1 Å². The van der Waals surface area contributed by atoms with E-state index < -0.39 is 10.2 Å². The zero-order chi connectivity index (χ0) is 10.9. The molecule has 15 heavy (non-hydrogen) atoms. The van der Waals surface area contributed by atoms with E-state index in [4.69, 9.17) is 5.73 Å². The summed E-state index contributed by atoms with van der Waals surface area (Å²) >= 11 is 0. The van der Waals surface area contributed by atoms with Gasteiger partial charge in [0.15, 0.2) is 0 Å². The van der Waals surface area contributed by atoms with Crippen molar-refractivity contribution in [1.29, 1.82) is 0 Å². The minimum absolute atomic E-state index is 0.199. The predicted molar refractivity (Wildman–Crippen MR) is 58.7 cm³/mol. The molecule has 0 aromatic heterocycles. The van der Waals surface area contributed by atoms with E-state index in [0.29, 0.717) is 18.8 Å². The van der Waals surface area contributed by atoms with E-state index >= 15 is 0 Å². The number of benzene rings is 1. The zero-order valence-electron chi connectivity index (χ0n) is 8.13. The van der Waals surface area contributed by atoms with Crippen molar-refractivity contribution in [2.24, 2.45) is 5.73 Å². The smallest absolute Gasteiger partial charge is 0.301 e. The largest absolute Gasteiger partial charge is 0.329 e. The molecule has 82 valence electrons. The minimum Gasteiger partial charge on any atom is -0.329 e. The molecular weight excluding hydrogens is 214 g/mol. The fraction of sp³-hybridized carbons (Fsp3) is 0.333. The minimum atomic E-state index is -3.40. The molecule has 3 N–H and O–H groups in total. The molecule has 1 aliphatic rings.